The predicted molar refractivity (Wildman–Crippen MR) is 134 cm³/mol. The van der Waals surface area contributed by atoms with Gasteiger partial charge in [-0.2, -0.15) is 0 Å². The minimum atomic E-state index is -0.876. The van der Waals surface area contributed by atoms with Crippen LogP contribution in [0.15, 0.2) is 78.9 Å². The number of benzene rings is 3. The van der Waals surface area contributed by atoms with E-state index in [1.54, 1.807) is 36.4 Å². The second kappa shape index (κ2) is 12.0. The molecule has 1 unspecified atom stereocenters. The van der Waals surface area contributed by atoms with Gasteiger partial charge in [-0.15, -0.1) is 0 Å². The molecule has 4 rings (SSSR count). The molecular formula is C29H28N2O4. The van der Waals surface area contributed by atoms with Crippen LogP contribution in [-0.2, 0) is 20.8 Å². The average Bonchev–Trinajstić information content (AvgIpc) is 2.92. The smallest absolute Gasteiger partial charge is 0.333 e. The van der Waals surface area contributed by atoms with Gasteiger partial charge in [0, 0.05) is 36.3 Å². The summed E-state index contributed by atoms with van der Waals surface area (Å²) >= 11 is 0. The molecule has 0 aliphatic carbocycles. The number of nitrogens with one attached hydrogen (secondary N) is 1. The highest BCUT2D eigenvalue weighted by molar-refractivity contribution is 5.97. The van der Waals surface area contributed by atoms with Gasteiger partial charge in [-0.1, -0.05) is 54.3 Å². The third kappa shape index (κ3) is 6.80. The number of esters is 1. The Morgan fingerprint density at radius 2 is 1.51 bits per heavy atom. The summed E-state index contributed by atoms with van der Waals surface area (Å²) in [5.74, 6) is 5.42. The van der Waals surface area contributed by atoms with E-state index >= 15 is 0 Å². The summed E-state index contributed by atoms with van der Waals surface area (Å²) < 4.78 is 10.3. The van der Waals surface area contributed by atoms with Crippen LogP contribution in [0.1, 0.15) is 38.7 Å². The number of methoxy groups -OCH3 is 1. The van der Waals surface area contributed by atoms with E-state index in [2.05, 4.69) is 34.2 Å². The molecule has 0 saturated carbocycles. The van der Waals surface area contributed by atoms with Crippen molar-refractivity contribution in [2.45, 2.75) is 12.6 Å². The first-order valence-electron chi connectivity index (χ1n) is 11.6. The number of rotatable bonds is 6. The van der Waals surface area contributed by atoms with Crippen LogP contribution >= 0.6 is 0 Å². The number of hydrogen-bond donors (Lipinski definition) is 1. The minimum absolute atomic E-state index is 0.361. The van der Waals surface area contributed by atoms with Crippen LogP contribution in [0.25, 0.3) is 0 Å². The third-order valence-electron chi connectivity index (χ3n) is 5.81. The quantitative estimate of drug-likeness (QED) is 0.443. The number of morpholine rings is 1. The van der Waals surface area contributed by atoms with Gasteiger partial charge < -0.3 is 14.8 Å². The maximum Gasteiger partial charge on any atom is 0.333 e. The van der Waals surface area contributed by atoms with Gasteiger partial charge in [0.1, 0.15) is 0 Å². The van der Waals surface area contributed by atoms with Crippen LogP contribution in [0, 0.1) is 11.8 Å². The Hall–Kier alpha value is -3.92. The standard InChI is InChI=1S/C29H28N2O4/c1-34-29(33)27(25-5-3-2-4-6-25)30-28(32)26-15-13-23(14-16-26)8-7-22-9-11-24(12-10-22)21-31-17-19-35-20-18-31/h2-6,9-16,27H,17-21H2,1H3,(H,30,32). The summed E-state index contributed by atoms with van der Waals surface area (Å²) in [5, 5.41) is 2.75. The highest BCUT2D eigenvalue weighted by Gasteiger charge is 2.23. The van der Waals surface area contributed by atoms with E-state index < -0.39 is 12.0 Å². The van der Waals surface area contributed by atoms with Gasteiger partial charge in [-0.3, -0.25) is 9.69 Å². The van der Waals surface area contributed by atoms with Crippen molar-refractivity contribution in [2.24, 2.45) is 0 Å². The summed E-state index contributed by atoms with van der Waals surface area (Å²) in [6.45, 7) is 4.43. The van der Waals surface area contributed by atoms with E-state index in [4.69, 9.17) is 9.47 Å². The van der Waals surface area contributed by atoms with E-state index in [0.717, 1.165) is 44.0 Å². The Labute approximate surface area is 205 Å². The first kappa shape index (κ1) is 24.2. The lowest BCUT2D eigenvalue weighted by atomic mass is 10.1. The zero-order valence-corrected chi connectivity index (χ0v) is 19.7. The maximum atomic E-state index is 12.7. The van der Waals surface area contributed by atoms with Gasteiger partial charge in [0.25, 0.3) is 5.91 Å². The van der Waals surface area contributed by atoms with E-state index in [0.29, 0.717) is 11.1 Å². The number of nitrogens with zero attached hydrogens (tertiary/aromatic N) is 1. The second-order valence-electron chi connectivity index (χ2n) is 8.25. The van der Waals surface area contributed by atoms with Crippen molar-refractivity contribution in [1.29, 1.82) is 0 Å². The molecule has 35 heavy (non-hydrogen) atoms. The minimum Gasteiger partial charge on any atom is -0.467 e. The Kier molecular flexibility index (Phi) is 8.29. The first-order chi connectivity index (χ1) is 17.1. The van der Waals surface area contributed by atoms with Crippen LogP contribution in [0.2, 0.25) is 0 Å². The molecular weight excluding hydrogens is 440 g/mol. The summed E-state index contributed by atoms with van der Waals surface area (Å²) in [5.41, 5.74) is 4.08. The van der Waals surface area contributed by atoms with Gasteiger partial charge >= 0.3 is 5.97 Å². The van der Waals surface area contributed by atoms with Crippen LogP contribution in [-0.4, -0.2) is 50.2 Å². The first-order valence-corrected chi connectivity index (χ1v) is 11.6. The fourth-order valence-electron chi connectivity index (χ4n) is 3.82. The summed E-state index contributed by atoms with van der Waals surface area (Å²) in [6.07, 6.45) is 0. The molecule has 0 aromatic heterocycles. The third-order valence-corrected chi connectivity index (χ3v) is 5.81. The monoisotopic (exact) mass is 468 g/mol. The van der Waals surface area contributed by atoms with Gasteiger partial charge in [0.05, 0.1) is 20.3 Å². The van der Waals surface area contributed by atoms with Gasteiger partial charge in [-0.05, 0) is 47.5 Å². The maximum absolute atomic E-state index is 12.7. The fourth-order valence-corrected chi connectivity index (χ4v) is 3.82. The number of hydrogen-bond acceptors (Lipinski definition) is 5. The summed E-state index contributed by atoms with van der Waals surface area (Å²) in [4.78, 5) is 27.3. The molecule has 1 saturated heterocycles. The lowest BCUT2D eigenvalue weighted by Gasteiger charge is -2.26. The van der Waals surface area contributed by atoms with Gasteiger partial charge in [0.15, 0.2) is 6.04 Å². The normalized spacial score (nSPS) is 14.3. The topological polar surface area (TPSA) is 67.9 Å². The van der Waals surface area contributed by atoms with Crippen LogP contribution in [0.3, 0.4) is 0 Å². The van der Waals surface area contributed by atoms with Crippen molar-refractivity contribution < 1.29 is 19.1 Å². The van der Waals surface area contributed by atoms with Gasteiger partial charge in [0.2, 0.25) is 0 Å². The van der Waals surface area contributed by atoms with Crippen LogP contribution in [0.5, 0.6) is 0 Å². The zero-order valence-electron chi connectivity index (χ0n) is 19.7. The van der Waals surface area contributed by atoms with E-state index in [1.165, 1.54) is 12.7 Å². The molecule has 1 amide bonds. The molecule has 0 bridgehead atoms. The lowest BCUT2D eigenvalue weighted by molar-refractivity contribution is -0.143. The highest BCUT2D eigenvalue weighted by Crippen LogP contribution is 2.16. The molecule has 0 radical (unpaired) electrons. The summed E-state index contributed by atoms with van der Waals surface area (Å²) in [7, 11) is 1.30. The molecule has 1 aliphatic rings. The molecule has 6 heteroatoms. The van der Waals surface area contributed by atoms with E-state index in [1.807, 2.05) is 30.3 Å². The molecule has 1 fully saturated rings. The molecule has 6 nitrogen and oxygen atoms in total. The average molecular weight is 469 g/mol. The Bertz CT molecular complexity index is 1190. The van der Waals surface area contributed by atoms with E-state index in [-0.39, 0.29) is 5.91 Å². The van der Waals surface area contributed by atoms with Crippen LogP contribution < -0.4 is 5.32 Å². The molecule has 3 aromatic carbocycles. The highest BCUT2D eigenvalue weighted by atomic mass is 16.5. The zero-order chi connectivity index (χ0) is 24.5. The van der Waals surface area contributed by atoms with Crippen molar-refractivity contribution in [2.75, 3.05) is 33.4 Å². The van der Waals surface area contributed by atoms with E-state index in [9.17, 15) is 9.59 Å². The Morgan fingerprint density at radius 1 is 0.914 bits per heavy atom. The Balaban J connectivity index is 1.37. The molecule has 178 valence electrons. The Morgan fingerprint density at radius 3 is 2.11 bits per heavy atom. The van der Waals surface area contributed by atoms with Crippen molar-refractivity contribution in [3.8, 4) is 11.8 Å². The fraction of sp³-hybridized carbons (Fsp3) is 0.241. The number of carbonyl (C=O) groups excluding carboxylic acids is 2. The molecule has 1 aliphatic heterocycles. The van der Waals surface area contributed by atoms with Crippen molar-refractivity contribution in [1.82, 2.24) is 10.2 Å². The lowest BCUT2D eigenvalue weighted by Crippen LogP contribution is -2.35. The number of ether oxygens (including phenoxy) is 2. The number of carbonyl (C=O) groups is 2. The largest absolute Gasteiger partial charge is 0.467 e. The van der Waals surface area contributed by atoms with Crippen LogP contribution in [0.4, 0.5) is 0 Å². The van der Waals surface area contributed by atoms with Gasteiger partial charge in [-0.25, -0.2) is 4.79 Å². The molecule has 1 heterocycles. The SMILES string of the molecule is COC(=O)C(NC(=O)c1ccc(C#Cc2ccc(CN3CCOCC3)cc2)cc1)c1ccccc1. The number of amides is 1. The second-order valence-corrected chi connectivity index (χ2v) is 8.25. The predicted octanol–water partition coefficient (Wildman–Crippen LogP) is 3.56. The molecule has 1 N–H and O–H groups in total. The van der Waals surface area contributed by atoms with Crippen molar-refractivity contribution in [3.63, 3.8) is 0 Å². The van der Waals surface area contributed by atoms with Crippen molar-refractivity contribution >= 4 is 11.9 Å². The summed E-state index contributed by atoms with van der Waals surface area (Å²) in [6, 6.07) is 23.4. The molecule has 1 atom stereocenters. The van der Waals surface area contributed by atoms with Crippen molar-refractivity contribution in [3.05, 3.63) is 107 Å². The molecule has 3 aromatic rings. The molecule has 0 spiro atoms.